The Bertz CT molecular complexity index is 1190. The molecule has 9 nitrogen and oxygen atoms in total. The summed E-state index contributed by atoms with van der Waals surface area (Å²) in [5, 5.41) is 11.7. The van der Waals surface area contributed by atoms with Crippen molar-refractivity contribution in [2.45, 2.75) is 19.8 Å². The van der Waals surface area contributed by atoms with Crippen molar-refractivity contribution >= 4 is 29.2 Å². The summed E-state index contributed by atoms with van der Waals surface area (Å²) in [5.74, 6) is 3.01. The van der Waals surface area contributed by atoms with Crippen molar-refractivity contribution in [2.24, 2.45) is 0 Å². The smallest absolute Gasteiger partial charge is 0.239 e. The molecule has 0 saturated carbocycles. The lowest BCUT2D eigenvalue weighted by molar-refractivity contribution is 0.391. The SMILES string of the molecule is CCc1nc(-c2nnc(NSCCc3ncc(F)cn3)n2-c2c(OC)cccc2OC)cs1. The molecular formula is C21H22FN7O2S2. The van der Waals surface area contributed by atoms with Crippen molar-refractivity contribution in [3.63, 3.8) is 0 Å². The number of benzene rings is 1. The number of methoxy groups -OCH3 is 2. The monoisotopic (exact) mass is 487 g/mol. The van der Waals surface area contributed by atoms with Crippen LogP contribution in [0.1, 0.15) is 17.8 Å². The summed E-state index contributed by atoms with van der Waals surface area (Å²) in [6.07, 6.45) is 3.72. The van der Waals surface area contributed by atoms with Gasteiger partial charge < -0.3 is 9.47 Å². The number of para-hydroxylation sites is 1. The third kappa shape index (κ3) is 5.06. The molecule has 0 aliphatic rings. The second-order valence-corrected chi connectivity index (χ2v) is 8.54. The fraction of sp³-hybridized carbons (Fsp3) is 0.286. The average Bonchev–Trinajstić information content (AvgIpc) is 3.49. The van der Waals surface area contributed by atoms with Crippen molar-refractivity contribution in [1.82, 2.24) is 29.7 Å². The molecule has 3 heterocycles. The lowest BCUT2D eigenvalue weighted by atomic mass is 10.2. The second kappa shape index (κ2) is 10.6. The minimum Gasteiger partial charge on any atom is -0.494 e. The second-order valence-electron chi connectivity index (χ2n) is 6.69. The normalized spacial score (nSPS) is 10.9. The minimum atomic E-state index is -0.454. The van der Waals surface area contributed by atoms with Gasteiger partial charge in [-0.15, -0.1) is 21.5 Å². The van der Waals surface area contributed by atoms with Crippen LogP contribution in [0.3, 0.4) is 0 Å². The Morgan fingerprint density at radius 2 is 1.85 bits per heavy atom. The zero-order valence-electron chi connectivity index (χ0n) is 18.3. The number of anilines is 1. The number of aromatic nitrogens is 6. The fourth-order valence-electron chi connectivity index (χ4n) is 3.08. The van der Waals surface area contributed by atoms with Crippen molar-refractivity contribution in [1.29, 1.82) is 0 Å². The molecule has 1 aromatic carbocycles. The molecule has 1 N–H and O–H groups in total. The Balaban J connectivity index is 1.66. The molecule has 0 bridgehead atoms. The largest absolute Gasteiger partial charge is 0.494 e. The zero-order valence-corrected chi connectivity index (χ0v) is 19.9. The van der Waals surface area contributed by atoms with E-state index in [1.165, 1.54) is 11.9 Å². The summed E-state index contributed by atoms with van der Waals surface area (Å²) >= 11 is 2.99. The highest BCUT2D eigenvalue weighted by Crippen LogP contribution is 2.38. The Kier molecular flexibility index (Phi) is 7.35. The summed E-state index contributed by atoms with van der Waals surface area (Å²) in [7, 11) is 3.20. The Morgan fingerprint density at radius 3 is 2.48 bits per heavy atom. The Labute approximate surface area is 198 Å². The molecule has 0 spiro atoms. The molecule has 4 aromatic rings. The maximum atomic E-state index is 13.0. The van der Waals surface area contributed by atoms with E-state index >= 15 is 0 Å². The molecule has 4 rings (SSSR count). The number of nitrogens with zero attached hydrogens (tertiary/aromatic N) is 6. The lowest BCUT2D eigenvalue weighted by Gasteiger charge is -2.17. The standard InChI is InChI=1S/C21H22FN7O2S2/c1-4-18-25-14(12-32-18)20-26-27-21(28-33-9-8-17-23-10-13(22)11-24-17)29(20)19-15(30-2)6-5-7-16(19)31-3/h5-7,10-12H,4,8-9H2,1-3H3,(H,27,28). The number of thiazole rings is 1. The van der Waals surface area contributed by atoms with Gasteiger partial charge >= 0.3 is 0 Å². The van der Waals surface area contributed by atoms with Gasteiger partial charge in [0.2, 0.25) is 5.95 Å². The molecule has 0 radical (unpaired) electrons. The van der Waals surface area contributed by atoms with E-state index in [1.54, 1.807) is 25.6 Å². The predicted molar refractivity (Wildman–Crippen MR) is 127 cm³/mol. The highest BCUT2D eigenvalue weighted by atomic mass is 32.2. The molecule has 0 unspecified atom stereocenters. The first-order chi connectivity index (χ1) is 16.1. The van der Waals surface area contributed by atoms with Gasteiger partial charge in [0.25, 0.3) is 0 Å². The summed E-state index contributed by atoms with van der Waals surface area (Å²) in [5.41, 5.74) is 1.38. The van der Waals surface area contributed by atoms with Gasteiger partial charge in [-0.1, -0.05) is 13.0 Å². The van der Waals surface area contributed by atoms with E-state index in [2.05, 4.69) is 36.8 Å². The zero-order chi connectivity index (χ0) is 23.2. The van der Waals surface area contributed by atoms with E-state index in [1.807, 2.05) is 28.1 Å². The first-order valence-electron chi connectivity index (χ1n) is 10.1. The van der Waals surface area contributed by atoms with Crippen LogP contribution in [-0.4, -0.2) is 49.7 Å². The van der Waals surface area contributed by atoms with E-state index in [4.69, 9.17) is 9.47 Å². The van der Waals surface area contributed by atoms with Crippen LogP contribution in [0.4, 0.5) is 10.3 Å². The van der Waals surface area contributed by atoms with Gasteiger partial charge in [0.05, 0.1) is 31.6 Å². The third-order valence-corrected chi connectivity index (χ3v) is 6.37. The lowest BCUT2D eigenvalue weighted by Crippen LogP contribution is -2.07. The first-order valence-corrected chi connectivity index (χ1v) is 12.0. The maximum absolute atomic E-state index is 13.0. The minimum absolute atomic E-state index is 0.454. The molecular weight excluding hydrogens is 465 g/mol. The highest BCUT2D eigenvalue weighted by Gasteiger charge is 2.23. The number of nitrogens with one attached hydrogen (secondary N) is 1. The van der Waals surface area contributed by atoms with Crippen LogP contribution in [0.25, 0.3) is 17.2 Å². The van der Waals surface area contributed by atoms with Crippen LogP contribution in [0.15, 0.2) is 36.0 Å². The predicted octanol–water partition coefficient (Wildman–Crippen LogP) is 4.20. The molecule has 0 aliphatic carbocycles. The van der Waals surface area contributed by atoms with Crippen LogP contribution in [-0.2, 0) is 12.8 Å². The molecule has 0 aliphatic heterocycles. The summed E-state index contributed by atoms with van der Waals surface area (Å²) in [4.78, 5) is 12.7. The van der Waals surface area contributed by atoms with Gasteiger partial charge in [0.1, 0.15) is 28.7 Å². The van der Waals surface area contributed by atoms with Crippen LogP contribution in [0.5, 0.6) is 11.5 Å². The number of hydrogen-bond donors (Lipinski definition) is 1. The topological polar surface area (TPSA) is 99.9 Å². The quantitative estimate of drug-likeness (QED) is 0.260. The number of aryl methyl sites for hydroxylation is 2. The number of hydrogen-bond acceptors (Lipinski definition) is 10. The molecule has 0 saturated heterocycles. The van der Waals surface area contributed by atoms with Crippen molar-refractivity contribution in [3.05, 3.63) is 52.6 Å². The summed E-state index contributed by atoms with van der Waals surface area (Å²) < 4.78 is 29.3. The Hall–Kier alpha value is -3.25. The van der Waals surface area contributed by atoms with Crippen molar-refractivity contribution in [2.75, 3.05) is 24.7 Å². The molecule has 0 atom stereocenters. The first kappa shape index (κ1) is 22.9. The number of ether oxygens (including phenoxy) is 2. The van der Waals surface area contributed by atoms with Gasteiger partial charge in [-0.05, 0) is 30.5 Å². The van der Waals surface area contributed by atoms with Gasteiger partial charge in [0, 0.05) is 17.6 Å². The molecule has 0 fully saturated rings. The third-order valence-electron chi connectivity index (χ3n) is 4.64. The number of halogens is 1. The van der Waals surface area contributed by atoms with Gasteiger partial charge in [-0.2, -0.15) is 0 Å². The van der Waals surface area contributed by atoms with Gasteiger partial charge in [-0.3, -0.25) is 9.29 Å². The van der Waals surface area contributed by atoms with E-state index in [0.717, 1.165) is 29.5 Å². The van der Waals surface area contributed by atoms with Crippen LogP contribution in [0, 0.1) is 5.82 Å². The molecule has 0 amide bonds. The average molecular weight is 488 g/mol. The molecule has 172 valence electrons. The van der Waals surface area contributed by atoms with Crippen LogP contribution < -0.4 is 14.2 Å². The molecule has 33 heavy (non-hydrogen) atoms. The maximum Gasteiger partial charge on any atom is 0.239 e. The number of rotatable bonds is 10. The van der Waals surface area contributed by atoms with Gasteiger partial charge in [-0.25, -0.2) is 19.3 Å². The van der Waals surface area contributed by atoms with Crippen molar-refractivity contribution < 1.29 is 13.9 Å². The van der Waals surface area contributed by atoms with Crippen molar-refractivity contribution in [3.8, 4) is 28.7 Å². The highest BCUT2D eigenvalue weighted by molar-refractivity contribution is 8.00. The van der Waals surface area contributed by atoms with E-state index < -0.39 is 5.82 Å². The fourth-order valence-corrected chi connectivity index (χ4v) is 4.45. The summed E-state index contributed by atoms with van der Waals surface area (Å²) in [6.45, 7) is 2.06. The van der Waals surface area contributed by atoms with Gasteiger partial charge in [0.15, 0.2) is 11.6 Å². The van der Waals surface area contributed by atoms with Crippen LogP contribution >= 0.6 is 23.3 Å². The molecule has 12 heteroatoms. The van der Waals surface area contributed by atoms with E-state index in [0.29, 0.717) is 47.0 Å². The summed E-state index contributed by atoms with van der Waals surface area (Å²) in [6, 6.07) is 5.56. The molecule has 3 aromatic heterocycles. The van der Waals surface area contributed by atoms with Crippen LogP contribution in [0.2, 0.25) is 0 Å². The van der Waals surface area contributed by atoms with E-state index in [9.17, 15) is 4.39 Å². The Morgan fingerprint density at radius 1 is 1.12 bits per heavy atom. The van der Waals surface area contributed by atoms with E-state index in [-0.39, 0.29) is 0 Å².